The van der Waals surface area contributed by atoms with Gasteiger partial charge in [0.25, 0.3) is 0 Å². The Labute approximate surface area is 96.8 Å². The van der Waals surface area contributed by atoms with Gasteiger partial charge in [0, 0.05) is 36.8 Å². The number of hydrogen-bond acceptors (Lipinski definition) is 1. The van der Waals surface area contributed by atoms with E-state index in [1.165, 1.54) is 5.69 Å². The van der Waals surface area contributed by atoms with Crippen molar-refractivity contribution in [1.82, 2.24) is 9.88 Å². The Hall–Kier alpha value is -1.25. The first-order valence-electron chi connectivity index (χ1n) is 6.14. The minimum Gasteiger partial charge on any atom is -0.352 e. The number of nitrogens with zero attached hydrogens (tertiary/aromatic N) is 1. The minimum absolute atomic E-state index is 0.00234. The van der Waals surface area contributed by atoms with Crippen LogP contribution in [-0.2, 0) is 17.8 Å². The molecule has 0 saturated carbocycles. The highest BCUT2D eigenvalue weighted by Gasteiger charge is 2.36. The quantitative estimate of drug-likeness (QED) is 0.828. The van der Waals surface area contributed by atoms with E-state index in [1.807, 2.05) is 0 Å². The molecule has 1 aromatic rings. The lowest BCUT2D eigenvalue weighted by Gasteiger charge is -2.28. The molecule has 1 saturated heterocycles. The number of hydrogen-bond donors (Lipinski definition) is 1. The summed E-state index contributed by atoms with van der Waals surface area (Å²) in [6, 6.07) is 4.24. The van der Waals surface area contributed by atoms with Crippen LogP contribution < -0.4 is 5.32 Å². The van der Waals surface area contributed by atoms with Gasteiger partial charge in [0.05, 0.1) is 0 Å². The molecular weight excluding hydrogens is 200 g/mol. The first-order chi connectivity index (χ1) is 7.69. The molecule has 0 spiro atoms. The zero-order chi connectivity index (χ0) is 11.6. The van der Waals surface area contributed by atoms with Crippen molar-refractivity contribution >= 4 is 5.91 Å². The summed E-state index contributed by atoms with van der Waals surface area (Å²) in [5, 5.41) is 3.15. The molecule has 1 amide bonds. The van der Waals surface area contributed by atoms with Crippen LogP contribution in [0.5, 0.6) is 0 Å². The van der Waals surface area contributed by atoms with Crippen LogP contribution in [0.3, 0.4) is 0 Å². The van der Waals surface area contributed by atoms with Crippen LogP contribution in [0, 0.1) is 0 Å². The zero-order valence-electron chi connectivity index (χ0n) is 10.1. The molecule has 88 valence electrons. The summed E-state index contributed by atoms with van der Waals surface area (Å²) < 4.78 is 2.25. The van der Waals surface area contributed by atoms with E-state index in [0.29, 0.717) is 6.42 Å². The fraction of sp³-hybridized carbons (Fsp3) is 0.615. The molecule has 16 heavy (non-hydrogen) atoms. The van der Waals surface area contributed by atoms with E-state index >= 15 is 0 Å². The van der Waals surface area contributed by atoms with E-state index in [9.17, 15) is 4.79 Å². The second-order valence-electron chi connectivity index (χ2n) is 4.64. The van der Waals surface area contributed by atoms with Gasteiger partial charge in [0.2, 0.25) is 5.91 Å². The number of amides is 1. The first kappa shape index (κ1) is 11.2. The summed E-state index contributed by atoms with van der Waals surface area (Å²) in [6.45, 7) is 5.30. The first-order valence-corrected chi connectivity index (χ1v) is 6.14. The van der Waals surface area contributed by atoms with Crippen molar-refractivity contribution in [3.05, 3.63) is 24.0 Å². The van der Waals surface area contributed by atoms with Crippen LogP contribution in [0.4, 0.5) is 0 Å². The Morgan fingerprint density at radius 2 is 2.31 bits per heavy atom. The monoisotopic (exact) mass is 220 g/mol. The van der Waals surface area contributed by atoms with Crippen molar-refractivity contribution in [3.8, 4) is 0 Å². The summed E-state index contributed by atoms with van der Waals surface area (Å²) >= 11 is 0. The Morgan fingerprint density at radius 1 is 1.50 bits per heavy atom. The lowest BCUT2D eigenvalue weighted by Crippen LogP contribution is -2.43. The molecule has 0 aliphatic carbocycles. The Morgan fingerprint density at radius 3 is 2.88 bits per heavy atom. The highest BCUT2D eigenvalue weighted by Crippen LogP contribution is 2.28. The fourth-order valence-corrected chi connectivity index (χ4v) is 2.56. The van der Waals surface area contributed by atoms with Crippen molar-refractivity contribution in [2.45, 2.75) is 51.6 Å². The van der Waals surface area contributed by atoms with E-state index < -0.39 is 0 Å². The van der Waals surface area contributed by atoms with Gasteiger partial charge >= 0.3 is 0 Å². The molecule has 1 atom stereocenters. The predicted octanol–water partition coefficient (Wildman–Crippen LogP) is 2.11. The molecule has 1 fully saturated rings. The lowest BCUT2D eigenvalue weighted by molar-refractivity contribution is -0.119. The van der Waals surface area contributed by atoms with E-state index in [1.54, 1.807) is 0 Å². The van der Waals surface area contributed by atoms with Crippen molar-refractivity contribution in [2.75, 3.05) is 0 Å². The zero-order valence-corrected chi connectivity index (χ0v) is 10.1. The summed E-state index contributed by atoms with van der Waals surface area (Å²) in [5.74, 6) is 0.205. The standard InChI is InChI=1S/C13H20N2O/c1-3-13(8-7-12(16)14-13)10-11-6-5-9-15(11)4-2/h5-6,9H,3-4,7-8,10H2,1-2H3,(H,14,16). The maximum Gasteiger partial charge on any atom is 0.220 e. The maximum atomic E-state index is 11.4. The molecule has 1 unspecified atom stereocenters. The van der Waals surface area contributed by atoms with Crippen molar-refractivity contribution in [1.29, 1.82) is 0 Å². The number of carbonyl (C=O) groups is 1. The highest BCUT2D eigenvalue weighted by molar-refractivity contribution is 5.79. The number of nitrogens with one attached hydrogen (secondary N) is 1. The Bertz CT molecular complexity index is 383. The molecule has 1 N–H and O–H groups in total. The SMILES string of the molecule is CCn1cccc1CC1(CC)CCC(=O)N1. The third kappa shape index (κ3) is 1.99. The van der Waals surface area contributed by atoms with Gasteiger partial charge in [-0.1, -0.05) is 6.92 Å². The number of carbonyl (C=O) groups excluding carboxylic acids is 1. The van der Waals surface area contributed by atoms with Crippen LogP contribution in [0.15, 0.2) is 18.3 Å². The van der Waals surface area contributed by atoms with Crippen LogP contribution in [-0.4, -0.2) is 16.0 Å². The molecule has 0 bridgehead atoms. The lowest BCUT2D eigenvalue weighted by atomic mass is 9.89. The Kier molecular flexibility index (Phi) is 3.03. The fourth-order valence-electron chi connectivity index (χ4n) is 2.56. The maximum absolute atomic E-state index is 11.4. The molecule has 0 aromatic carbocycles. The Balaban J connectivity index is 2.16. The molecule has 2 heterocycles. The minimum atomic E-state index is 0.00234. The summed E-state index contributed by atoms with van der Waals surface area (Å²) in [6.07, 6.45) is 5.72. The van der Waals surface area contributed by atoms with Crippen molar-refractivity contribution < 1.29 is 4.79 Å². The van der Waals surface area contributed by atoms with Gasteiger partial charge in [-0.05, 0) is 31.9 Å². The van der Waals surface area contributed by atoms with Gasteiger partial charge < -0.3 is 9.88 Å². The summed E-state index contributed by atoms with van der Waals surface area (Å²) in [5.41, 5.74) is 1.33. The number of aromatic nitrogens is 1. The average molecular weight is 220 g/mol. The molecule has 3 nitrogen and oxygen atoms in total. The topological polar surface area (TPSA) is 34.0 Å². The normalized spacial score (nSPS) is 24.8. The van der Waals surface area contributed by atoms with Crippen LogP contribution in [0.2, 0.25) is 0 Å². The summed E-state index contributed by atoms with van der Waals surface area (Å²) in [4.78, 5) is 11.4. The van der Waals surface area contributed by atoms with Gasteiger partial charge in [-0.25, -0.2) is 0 Å². The van der Waals surface area contributed by atoms with Crippen LogP contribution in [0.1, 0.15) is 38.8 Å². The number of rotatable bonds is 4. The average Bonchev–Trinajstić information content (AvgIpc) is 2.86. The van der Waals surface area contributed by atoms with Gasteiger partial charge in [0.1, 0.15) is 0 Å². The highest BCUT2D eigenvalue weighted by atomic mass is 16.2. The third-order valence-electron chi connectivity index (χ3n) is 3.70. The number of aryl methyl sites for hydroxylation is 1. The summed E-state index contributed by atoms with van der Waals surface area (Å²) in [7, 11) is 0. The molecular formula is C13H20N2O. The van der Waals surface area contributed by atoms with Gasteiger partial charge in [-0.3, -0.25) is 4.79 Å². The smallest absolute Gasteiger partial charge is 0.220 e. The largest absolute Gasteiger partial charge is 0.352 e. The second-order valence-corrected chi connectivity index (χ2v) is 4.64. The van der Waals surface area contributed by atoms with Crippen LogP contribution in [0.25, 0.3) is 0 Å². The van der Waals surface area contributed by atoms with Crippen molar-refractivity contribution in [3.63, 3.8) is 0 Å². The molecule has 2 rings (SSSR count). The van der Waals surface area contributed by atoms with Gasteiger partial charge in [-0.2, -0.15) is 0 Å². The predicted molar refractivity (Wildman–Crippen MR) is 64.2 cm³/mol. The van der Waals surface area contributed by atoms with E-state index in [2.05, 4.69) is 42.1 Å². The molecule has 1 aliphatic rings. The molecule has 3 heteroatoms. The van der Waals surface area contributed by atoms with Gasteiger partial charge in [0.15, 0.2) is 0 Å². The van der Waals surface area contributed by atoms with Crippen molar-refractivity contribution in [2.24, 2.45) is 0 Å². The van der Waals surface area contributed by atoms with E-state index in [-0.39, 0.29) is 11.4 Å². The van der Waals surface area contributed by atoms with Crippen LogP contribution >= 0.6 is 0 Å². The van der Waals surface area contributed by atoms with Gasteiger partial charge in [-0.15, -0.1) is 0 Å². The molecule has 0 radical (unpaired) electrons. The molecule has 1 aromatic heterocycles. The van der Waals surface area contributed by atoms with E-state index in [0.717, 1.165) is 25.8 Å². The second kappa shape index (κ2) is 4.32. The molecule has 1 aliphatic heterocycles. The van der Waals surface area contributed by atoms with E-state index in [4.69, 9.17) is 0 Å². The third-order valence-corrected chi connectivity index (χ3v) is 3.70.